The molecular formula is C22H27ClF3N3O8S. The van der Waals surface area contributed by atoms with Gasteiger partial charge in [0.1, 0.15) is 23.1 Å². The Kier molecular flexibility index (Phi) is 11.8. The molecule has 1 N–H and O–H groups in total. The summed E-state index contributed by atoms with van der Waals surface area (Å²) in [4.78, 5) is 17.6. The molecule has 0 atom stereocenters. The maximum absolute atomic E-state index is 13.0. The van der Waals surface area contributed by atoms with Gasteiger partial charge in [-0.2, -0.15) is 26.3 Å². The van der Waals surface area contributed by atoms with Gasteiger partial charge in [-0.25, -0.2) is 9.78 Å². The minimum Gasteiger partial charge on any atom is -0.489 e. The average Bonchev–Trinajstić information content (AvgIpc) is 2.83. The van der Waals surface area contributed by atoms with E-state index in [0.717, 1.165) is 4.90 Å². The van der Waals surface area contributed by atoms with Crippen LogP contribution in [0.15, 0.2) is 30.5 Å². The van der Waals surface area contributed by atoms with E-state index in [2.05, 4.69) is 9.71 Å². The van der Waals surface area contributed by atoms with Crippen LogP contribution in [-0.4, -0.2) is 66.6 Å². The fraction of sp³-hybridized carbons (Fsp3) is 0.455. The van der Waals surface area contributed by atoms with Gasteiger partial charge in [-0.1, -0.05) is 24.6 Å². The van der Waals surface area contributed by atoms with Crippen LogP contribution in [0, 0.1) is 0 Å². The van der Waals surface area contributed by atoms with Crippen molar-refractivity contribution in [2.75, 3.05) is 52.0 Å². The van der Waals surface area contributed by atoms with Crippen molar-refractivity contribution in [3.05, 3.63) is 41.0 Å². The summed E-state index contributed by atoms with van der Waals surface area (Å²) in [6.45, 7) is 1.76. The van der Waals surface area contributed by atoms with E-state index < -0.39 is 39.0 Å². The lowest BCUT2D eigenvalue weighted by Crippen LogP contribution is -2.38. The third-order valence-electron chi connectivity index (χ3n) is 4.55. The average molecular weight is 586 g/mol. The number of carbonyl (C=O) groups is 1. The van der Waals surface area contributed by atoms with Crippen molar-refractivity contribution in [2.24, 2.45) is 0 Å². The van der Waals surface area contributed by atoms with E-state index in [1.807, 2.05) is 0 Å². The first-order valence-corrected chi connectivity index (χ1v) is 12.9. The Bertz CT molecular complexity index is 1180. The second kappa shape index (κ2) is 14.3. The van der Waals surface area contributed by atoms with Crippen LogP contribution in [0.1, 0.15) is 18.9 Å². The number of anilines is 1. The number of aromatic nitrogens is 1. The lowest BCUT2D eigenvalue weighted by atomic mass is 10.2. The molecule has 0 aliphatic heterocycles. The van der Waals surface area contributed by atoms with E-state index in [4.69, 9.17) is 34.7 Å². The van der Waals surface area contributed by atoms with Crippen LogP contribution < -0.4 is 19.1 Å². The molecule has 0 saturated heterocycles. The van der Waals surface area contributed by atoms with E-state index in [-0.39, 0.29) is 50.1 Å². The molecule has 11 nitrogen and oxygen atoms in total. The number of rotatable bonds is 14. The number of nitrogens with one attached hydrogen (secondary N) is 1. The Morgan fingerprint density at radius 1 is 1.13 bits per heavy atom. The van der Waals surface area contributed by atoms with Gasteiger partial charge in [-0.05, 0) is 24.6 Å². The van der Waals surface area contributed by atoms with E-state index in [0.29, 0.717) is 18.7 Å². The maximum atomic E-state index is 13.0. The standard InChI is InChI=1S/C22H27ClF3N3O8S/c1-4-9-29(21(30)37-38(31,32)28-8-10-33-2)19-17(35-12-11-34-3)6-5-7-18(19)36-20-16(23)13-15(14-27-20)22(24,25)26/h5-7,13-14,28H,4,8-12H2,1-3H3. The molecule has 1 aromatic carbocycles. The first kappa shape index (κ1) is 31.4. The van der Waals surface area contributed by atoms with Crippen molar-refractivity contribution in [2.45, 2.75) is 19.5 Å². The molecule has 1 heterocycles. The number of carbonyl (C=O) groups excluding carboxylic acids is 1. The number of para-hydroxylation sites is 1. The molecule has 0 unspecified atom stereocenters. The molecule has 16 heteroatoms. The van der Waals surface area contributed by atoms with Crippen molar-refractivity contribution < 1.29 is 49.5 Å². The van der Waals surface area contributed by atoms with Crippen molar-refractivity contribution in [1.82, 2.24) is 9.71 Å². The fourth-order valence-corrected chi connectivity index (χ4v) is 3.79. The quantitative estimate of drug-likeness (QED) is 0.321. The van der Waals surface area contributed by atoms with Gasteiger partial charge in [0.05, 0.1) is 18.8 Å². The van der Waals surface area contributed by atoms with Gasteiger partial charge in [0.2, 0.25) is 5.88 Å². The molecule has 0 aliphatic carbocycles. The molecule has 0 fully saturated rings. The summed E-state index contributed by atoms with van der Waals surface area (Å²) in [6.07, 6.45) is -5.09. The number of hydrogen-bond acceptors (Lipinski definition) is 9. The van der Waals surface area contributed by atoms with Crippen molar-refractivity contribution >= 4 is 33.7 Å². The van der Waals surface area contributed by atoms with E-state index >= 15 is 0 Å². The molecule has 0 aliphatic rings. The van der Waals surface area contributed by atoms with Crippen molar-refractivity contribution in [1.29, 1.82) is 0 Å². The Morgan fingerprint density at radius 2 is 1.82 bits per heavy atom. The number of hydrogen-bond donors (Lipinski definition) is 1. The second-order valence-electron chi connectivity index (χ2n) is 7.40. The van der Waals surface area contributed by atoms with Crippen molar-refractivity contribution in [3.8, 4) is 17.4 Å². The van der Waals surface area contributed by atoms with Gasteiger partial charge in [0.25, 0.3) is 0 Å². The molecule has 1 amide bonds. The lowest BCUT2D eigenvalue weighted by Gasteiger charge is -2.26. The fourth-order valence-electron chi connectivity index (χ4n) is 2.92. The largest absolute Gasteiger partial charge is 0.489 e. The zero-order valence-electron chi connectivity index (χ0n) is 20.7. The highest BCUT2D eigenvalue weighted by molar-refractivity contribution is 7.85. The van der Waals surface area contributed by atoms with Crippen LogP contribution in [-0.2, 0) is 30.1 Å². The van der Waals surface area contributed by atoms with Gasteiger partial charge >= 0.3 is 22.6 Å². The van der Waals surface area contributed by atoms with Gasteiger partial charge in [-0.3, -0.25) is 4.90 Å². The molecule has 1 aromatic heterocycles. The summed E-state index contributed by atoms with van der Waals surface area (Å²) in [5.74, 6) is -0.449. The van der Waals surface area contributed by atoms with Crippen LogP contribution >= 0.6 is 11.6 Å². The monoisotopic (exact) mass is 585 g/mol. The Morgan fingerprint density at radius 3 is 2.42 bits per heavy atom. The molecule has 212 valence electrons. The normalized spacial score (nSPS) is 11.8. The number of halogens is 4. The Balaban J connectivity index is 2.51. The number of ether oxygens (including phenoxy) is 4. The predicted octanol–water partition coefficient (Wildman–Crippen LogP) is 4.41. The molecule has 0 saturated carbocycles. The highest BCUT2D eigenvalue weighted by Crippen LogP contribution is 2.42. The molecule has 0 bridgehead atoms. The molecule has 0 radical (unpaired) electrons. The lowest BCUT2D eigenvalue weighted by molar-refractivity contribution is -0.137. The summed E-state index contributed by atoms with van der Waals surface area (Å²) in [5, 5.41) is -0.453. The van der Waals surface area contributed by atoms with Crippen LogP contribution in [0.4, 0.5) is 23.7 Å². The molecule has 0 spiro atoms. The van der Waals surface area contributed by atoms with Gasteiger partial charge < -0.3 is 23.1 Å². The van der Waals surface area contributed by atoms with Crippen molar-refractivity contribution in [3.63, 3.8) is 0 Å². The van der Waals surface area contributed by atoms with Crippen LogP contribution in [0.2, 0.25) is 5.02 Å². The van der Waals surface area contributed by atoms with Gasteiger partial charge in [0, 0.05) is 33.5 Å². The third kappa shape index (κ3) is 9.16. The summed E-state index contributed by atoms with van der Waals surface area (Å²) >= 11 is 5.99. The van der Waals surface area contributed by atoms with E-state index in [1.54, 1.807) is 6.92 Å². The third-order valence-corrected chi connectivity index (χ3v) is 5.74. The number of nitrogens with zero attached hydrogens (tertiary/aromatic N) is 2. The maximum Gasteiger partial charge on any atom is 0.431 e. The number of amides is 1. The molecule has 38 heavy (non-hydrogen) atoms. The molecule has 2 rings (SSSR count). The minimum absolute atomic E-state index is 0.0322. The van der Waals surface area contributed by atoms with Crippen LogP contribution in [0.3, 0.4) is 0 Å². The SMILES string of the molecule is CCCN(C(=O)OS(=O)(=O)NCCOC)c1c(OCCOC)cccc1Oc1ncc(C(F)(F)F)cc1Cl. The second-order valence-corrected chi connectivity index (χ2v) is 9.17. The van der Waals surface area contributed by atoms with E-state index in [9.17, 15) is 26.4 Å². The molecule has 2 aromatic rings. The minimum atomic E-state index is -4.68. The smallest absolute Gasteiger partial charge is 0.431 e. The number of pyridine rings is 1. The highest BCUT2D eigenvalue weighted by atomic mass is 35.5. The topological polar surface area (TPSA) is 126 Å². The summed E-state index contributed by atoms with van der Waals surface area (Å²) in [6, 6.07) is 4.96. The first-order chi connectivity index (χ1) is 17.9. The number of benzene rings is 1. The Hall–Kier alpha value is -2.85. The molecular weight excluding hydrogens is 559 g/mol. The predicted molar refractivity (Wildman–Crippen MR) is 131 cm³/mol. The Labute approximate surface area is 223 Å². The van der Waals surface area contributed by atoms with Crippen LogP contribution in [0.5, 0.6) is 17.4 Å². The summed E-state index contributed by atoms with van der Waals surface area (Å²) in [7, 11) is -1.71. The van der Waals surface area contributed by atoms with Gasteiger partial charge in [0.15, 0.2) is 5.75 Å². The zero-order chi connectivity index (χ0) is 28.3. The number of methoxy groups -OCH3 is 2. The first-order valence-electron chi connectivity index (χ1n) is 11.1. The zero-order valence-corrected chi connectivity index (χ0v) is 22.3. The highest BCUT2D eigenvalue weighted by Gasteiger charge is 2.33. The summed E-state index contributed by atoms with van der Waals surface area (Å²) in [5.41, 5.74) is -1.16. The van der Waals surface area contributed by atoms with Crippen LogP contribution in [0.25, 0.3) is 0 Å². The van der Waals surface area contributed by atoms with Gasteiger partial charge in [-0.15, -0.1) is 0 Å². The van der Waals surface area contributed by atoms with E-state index in [1.165, 1.54) is 32.4 Å². The number of alkyl halides is 3. The summed E-state index contributed by atoms with van der Waals surface area (Å²) < 4.78 is 91.4.